The van der Waals surface area contributed by atoms with Gasteiger partial charge < -0.3 is 0 Å². The number of hydrogen-bond donors (Lipinski definition) is 0. The Morgan fingerprint density at radius 3 is 2.92 bits per heavy atom. The third-order valence-electron chi connectivity index (χ3n) is 1.72. The Hall–Kier alpha value is -0.890. The highest BCUT2D eigenvalue weighted by atomic mass is 79.9. The molecule has 0 saturated heterocycles. The molecule has 2 rings (SSSR count). The first-order valence-electron chi connectivity index (χ1n) is 3.53. The van der Waals surface area contributed by atoms with Crippen molar-refractivity contribution >= 4 is 26.7 Å². The molecule has 12 heavy (non-hydrogen) atoms. The maximum absolute atomic E-state index is 12.8. The van der Waals surface area contributed by atoms with Gasteiger partial charge in [-0.2, -0.15) is 0 Å². The van der Waals surface area contributed by atoms with E-state index in [2.05, 4.69) is 22.0 Å². The summed E-state index contributed by atoms with van der Waals surface area (Å²) >= 11 is 3.31. The van der Waals surface area contributed by atoms with E-state index in [1.807, 2.05) is 12.1 Å². The van der Waals surface area contributed by atoms with Crippen molar-refractivity contribution in [1.82, 2.24) is 0 Å². The van der Waals surface area contributed by atoms with E-state index in [9.17, 15) is 4.39 Å². The molecule has 0 aliphatic rings. The first kappa shape index (κ1) is 7.74. The van der Waals surface area contributed by atoms with Crippen LogP contribution in [0.4, 0.5) is 4.39 Å². The number of rotatable bonds is 0. The fraction of sp³-hybridized carbons (Fsp3) is 0. The highest BCUT2D eigenvalue weighted by Crippen LogP contribution is 2.23. The molecule has 0 spiro atoms. The van der Waals surface area contributed by atoms with Gasteiger partial charge in [0.05, 0.1) is 0 Å². The molecule has 2 aromatic carbocycles. The zero-order valence-electron chi connectivity index (χ0n) is 6.14. The highest BCUT2D eigenvalue weighted by molar-refractivity contribution is 9.10. The second-order valence-corrected chi connectivity index (χ2v) is 3.32. The molecule has 0 amide bonds. The van der Waals surface area contributed by atoms with Crippen LogP contribution in [0, 0.1) is 11.9 Å². The second-order valence-electron chi connectivity index (χ2n) is 2.52. The Kier molecular flexibility index (Phi) is 1.85. The Bertz CT molecular complexity index is 423. The summed E-state index contributed by atoms with van der Waals surface area (Å²) in [6, 6.07) is 11.4. The quantitative estimate of drug-likeness (QED) is 0.641. The predicted molar refractivity (Wildman–Crippen MR) is 50.4 cm³/mol. The van der Waals surface area contributed by atoms with Crippen LogP contribution in [0.2, 0.25) is 0 Å². The van der Waals surface area contributed by atoms with Crippen LogP contribution in [0.1, 0.15) is 0 Å². The highest BCUT2D eigenvalue weighted by Gasteiger charge is 1.98. The Balaban J connectivity index is 2.88. The van der Waals surface area contributed by atoms with Crippen LogP contribution >= 0.6 is 15.9 Å². The minimum Gasteiger partial charge on any atom is -0.207 e. The summed E-state index contributed by atoms with van der Waals surface area (Å²) in [5.74, 6) is -0.220. The van der Waals surface area contributed by atoms with Crippen molar-refractivity contribution < 1.29 is 4.39 Å². The van der Waals surface area contributed by atoms with Crippen LogP contribution in [0.25, 0.3) is 10.8 Å². The summed E-state index contributed by atoms with van der Waals surface area (Å²) in [7, 11) is 0. The molecule has 0 saturated carbocycles. The van der Waals surface area contributed by atoms with E-state index in [1.165, 1.54) is 12.1 Å². The average molecular weight is 224 g/mol. The number of halogens is 2. The molecule has 0 nitrogen and oxygen atoms in total. The van der Waals surface area contributed by atoms with Crippen molar-refractivity contribution in [2.24, 2.45) is 0 Å². The molecule has 0 heterocycles. The van der Waals surface area contributed by atoms with E-state index in [1.54, 1.807) is 6.07 Å². The molecule has 0 aliphatic heterocycles. The van der Waals surface area contributed by atoms with Crippen LogP contribution in [0.5, 0.6) is 0 Å². The van der Waals surface area contributed by atoms with Gasteiger partial charge in [-0.05, 0) is 44.9 Å². The molecule has 0 fully saturated rings. The third-order valence-corrected chi connectivity index (χ3v) is 2.38. The largest absolute Gasteiger partial charge is 0.207 e. The topological polar surface area (TPSA) is 0 Å². The standard InChI is InChI=1S/C10H5BrF/c11-10-3-1-2-7-4-5-8(12)6-9(7)10/h1-2,4-6H. The van der Waals surface area contributed by atoms with Gasteiger partial charge in [-0.1, -0.05) is 18.2 Å². The van der Waals surface area contributed by atoms with Crippen molar-refractivity contribution in [3.63, 3.8) is 0 Å². The SMILES string of the molecule is Fc1ccc2cc[c]c(Br)c2c1. The van der Waals surface area contributed by atoms with Crippen LogP contribution in [-0.2, 0) is 0 Å². The maximum Gasteiger partial charge on any atom is 0.123 e. The lowest BCUT2D eigenvalue weighted by Crippen LogP contribution is -1.77. The summed E-state index contributed by atoms with van der Waals surface area (Å²) < 4.78 is 13.6. The van der Waals surface area contributed by atoms with Gasteiger partial charge in [-0.15, -0.1) is 0 Å². The monoisotopic (exact) mass is 223 g/mol. The van der Waals surface area contributed by atoms with Gasteiger partial charge in [0.2, 0.25) is 0 Å². The van der Waals surface area contributed by atoms with Gasteiger partial charge in [0.15, 0.2) is 0 Å². The number of fused-ring (bicyclic) bond motifs is 1. The minimum absolute atomic E-state index is 0.220. The molecule has 0 N–H and O–H groups in total. The molecular weight excluding hydrogens is 219 g/mol. The lowest BCUT2D eigenvalue weighted by molar-refractivity contribution is 0.629. The van der Waals surface area contributed by atoms with Crippen molar-refractivity contribution in [3.8, 4) is 0 Å². The first-order valence-corrected chi connectivity index (χ1v) is 4.32. The molecule has 0 aliphatic carbocycles. The fourth-order valence-corrected chi connectivity index (χ4v) is 1.62. The van der Waals surface area contributed by atoms with E-state index in [-0.39, 0.29) is 5.82 Å². The molecule has 0 bridgehead atoms. The summed E-state index contributed by atoms with van der Waals surface area (Å²) in [6.07, 6.45) is 0. The normalized spacial score (nSPS) is 10.5. The van der Waals surface area contributed by atoms with Gasteiger partial charge in [-0.25, -0.2) is 4.39 Å². The Morgan fingerprint density at radius 1 is 1.25 bits per heavy atom. The van der Waals surface area contributed by atoms with Crippen molar-refractivity contribution in [2.45, 2.75) is 0 Å². The zero-order valence-corrected chi connectivity index (χ0v) is 7.73. The molecule has 0 atom stereocenters. The molecule has 2 aromatic rings. The number of benzene rings is 2. The average Bonchev–Trinajstić information content (AvgIpc) is 2.07. The molecule has 0 aromatic heterocycles. The molecule has 1 radical (unpaired) electrons. The summed E-state index contributed by atoms with van der Waals surface area (Å²) in [5, 5.41) is 1.87. The van der Waals surface area contributed by atoms with E-state index in [0.717, 1.165) is 15.2 Å². The van der Waals surface area contributed by atoms with E-state index in [4.69, 9.17) is 0 Å². The van der Waals surface area contributed by atoms with Crippen LogP contribution < -0.4 is 0 Å². The first-order chi connectivity index (χ1) is 5.77. The Morgan fingerprint density at radius 2 is 2.08 bits per heavy atom. The lowest BCUT2D eigenvalue weighted by atomic mass is 10.1. The van der Waals surface area contributed by atoms with Gasteiger partial charge in [0.25, 0.3) is 0 Å². The van der Waals surface area contributed by atoms with Crippen LogP contribution in [-0.4, -0.2) is 0 Å². The summed E-state index contributed by atoms with van der Waals surface area (Å²) in [5.41, 5.74) is 0. The summed E-state index contributed by atoms with van der Waals surface area (Å²) in [4.78, 5) is 0. The van der Waals surface area contributed by atoms with Crippen molar-refractivity contribution in [2.75, 3.05) is 0 Å². The van der Waals surface area contributed by atoms with Crippen LogP contribution in [0.3, 0.4) is 0 Å². The van der Waals surface area contributed by atoms with Gasteiger partial charge in [0, 0.05) is 4.47 Å². The van der Waals surface area contributed by atoms with Crippen molar-refractivity contribution in [1.29, 1.82) is 0 Å². The molecular formula is C10H5BrF. The van der Waals surface area contributed by atoms with Crippen molar-refractivity contribution in [3.05, 3.63) is 46.7 Å². The van der Waals surface area contributed by atoms with E-state index >= 15 is 0 Å². The second kappa shape index (κ2) is 2.87. The van der Waals surface area contributed by atoms with Crippen LogP contribution in [0.15, 0.2) is 34.8 Å². The van der Waals surface area contributed by atoms with E-state index < -0.39 is 0 Å². The minimum atomic E-state index is -0.220. The Labute approximate surface area is 78.1 Å². The van der Waals surface area contributed by atoms with Gasteiger partial charge in [0.1, 0.15) is 5.82 Å². The molecule has 59 valence electrons. The van der Waals surface area contributed by atoms with Gasteiger partial charge in [-0.3, -0.25) is 0 Å². The molecule has 2 heteroatoms. The fourth-order valence-electron chi connectivity index (χ4n) is 1.15. The number of hydrogen-bond acceptors (Lipinski definition) is 0. The smallest absolute Gasteiger partial charge is 0.123 e. The van der Waals surface area contributed by atoms with E-state index in [0.29, 0.717) is 0 Å². The third kappa shape index (κ3) is 1.23. The predicted octanol–water partition coefficient (Wildman–Crippen LogP) is 3.54. The zero-order chi connectivity index (χ0) is 8.55. The molecule has 0 unspecified atom stereocenters. The lowest BCUT2D eigenvalue weighted by Gasteiger charge is -1.98. The van der Waals surface area contributed by atoms with Gasteiger partial charge >= 0.3 is 0 Å². The maximum atomic E-state index is 12.8. The summed E-state index contributed by atoms with van der Waals surface area (Å²) in [6.45, 7) is 0.